The summed E-state index contributed by atoms with van der Waals surface area (Å²) in [6.07, 6.45) is 2.89. The minimum atomic E-state index is -2.22. The molecular formula is C32H51NO5Si. The maximum Gasteiger partial charge on any atom is 0.417 e. The minimum absolute atomic E-state index is 0.104. The molecule has 2 amide bonds. The zero-order valence-corrected chi connectivity index (χ0v) is 26.7. The fourth-order valence-corrected chi connectivity index (χ4v) is 12.9. The van der Waals surface area contributed by atoms with Crippen molar-refractivity contribution in [1.29, 1.82) is 0 Å². The Morgan fingerprint density at radius 2 is 1.69 bits per heavy atom. The lowest BCUT2D eigenvalue weighted by molar-refractivity contribution is -0.179. The van der Waals surface area contributed by atoms with E-state index in [-0.39, 0.29) is 24.5 Å². The van der Waals surface area contributed by atoms with E-state index in [1.54, 1.807) is 0 Å². The first kappa shape index (κ1) is 31.6. The molecule has 39 heavy (non-hydrogen) atoms. The average Bonchev–Trinajstić information content (AvgIpc) is 2.82. The van der Waals surface area contributed by atoms with Crippen molar-refractivity contribution in [3.63, 3.8) is 0 Å². The zero-order valence-electron chi connectivity index (χ0n) is 25.7. The second kappa shape index (κ2) is 12.3. The molecule has 0 aromatic heterocycles. The number of nitrogens with zero attached hydrogens (tertiary/aromatic N) is 1. The molecule has 2 bridgehead atoms. The van der Waals surface area contributed by atoms with E-state index < -0.39 is 31.7 Å². The summed E-state index contributed by atoms with van der Waals surface area (Å²) in [6.45, 7) is 23.5. The van der Waals surface area contributed by atoms with Crippen LogP contribution in [0.4, 0.5) is 4.79 Å². The Bertz CT molecular complexity index is 980. The first-order chi connectivity index (χ1) is 18.2. The number of hydrogen-bond acceptors (Lipinski definition) is 5. The highest BCUT2D eigenvalue weighted by Crippen LogP contribution is 2.51. The Kier molecular flexibility index (Phi) is 9.93. The van der Waals surface area contributed by atoms with Gasteiger partial charge in [-0.2, -0.15) is 0 Å². The molecule has 1 aromatic carbocycles. The van der Waals surface area contributed by atoms with E-state index in [0.717, 1.165) is 12.0 Å². The normalized spacial score (nSPS) is 25.9. The average molecular weight is 558 g/mol. The van der Waals surface area contributed by atoms with Gasteiger partial charge in [0, 0.05) is 5.92 Å². The van der Waals surface area contributed by atoms with Crippen LogP contribution in [0.15, 0.2) is 43.0 Å². The highest BCUT2D eigenvalue weighted by Gasteiger charge is 2.60. The number of rotatable bonds is 10. The summed E-state index contributed by atoms with van der Waals surface area (Å²) < 4.78 is 19.5. The lowest BCUT2D eigenvalue weighted by Crippen LogP contribution is -2.69. The smallest absolute Gasteiger partial charge is 0.417 e. The third-order valence-corrected chi connectivity index (χ3v) is 14.9. The van der Waals surface area contributed by atoms with Gasteiger partial charge in [-0.3, -0.25) is 4.79 Å². The van der Waals surface area contributed by atoms with E-state index in [4.69, 9.17) is 13.9 Å². The van der Waals surface area contributed by atoms with Crippen LogP contribution in [0.1, 0.15) is 93.6 Å². The monoisotopic (exact) mass is 557 g/mol. The van der Waals surface area contributed by atoms with Crippen LogP contribution >= 0.6 is 0 Å². The van der Waals surface area contributed by atoms with Crippen LogP contribution in [-0.2, 0) is 25.3 Å². The third kappa shape index (κ3) is 6.52. The molecule has 3 rings (SSSR count). The predicted molar refractivity (Wildman–Crippen MR) is 159 cm³/mol. The Morgan fingerprint density at radius 1 is 1.10 bits per heavy atom. The van der Waals surface area contributed by atoms with E-state index in [0.29, 0.717) is 35.9 Å². The summed E-state index contributed by atoms with van der Waals surface area (Å²) in [5, 5.41) is 0. The van der Waals surface area contributed by atoms with Gasteiger partial charge >= 0.3 is 6.09 Å². The van der Waals surface area contributed by atoms with Gasteiger partial charge in [-0.25, -0.2) is 9.69 Å². The number of carbonyl (C=O) groups is 2. The Hall–Kier alpha value is -1.96. The summed E-state index contributed by atoms with van der Waals surface area (Å²) in [5.74, 6) is -0.478. The largest absolute Gasteiger partial charge is 0.443 e. The molecule has 2 aliphatic rings. The van der Waals surface area contributed by atoms with Crippen LogP contribution < -0.4 is 0 Å². The maximum atomic E-state index is 14.3. The van der Waals surface area contributed by atoms with Crippen LogP contribution in [-0.4, -0.2) is 48.6 Å². The molecule has 0 N–H and O–H groups in total. The summed E-state index contributed by atoms with van der Waals surface area (Å²) in [7, 11) is -2.22. The van der Waals surface area contributed by atoms with Crippen molar-refractivity contribution in [2.24, 2.45) is 5.92 Å². The molecule has 0 spiro atoms. The lowest BCUT2D eigenvalue weighted by atomic mass is 9.66. The van der Waals surface area contributed by atoms with Crippen LogP contribution in [0.5, 0.6) is 0 Å². The Morgan fingerprint density at radius 3 is 2.21 bits per heavy atom. The minimum Gasteiger partial charge on any atom is -0.443 e. The van der Waals surface area contributed by atoms with Crippen LogP contribution in [0.25, 0.3) is 0 Å². The number of likely N-dealkylation sites (tertiary alicyclic amines) is 1. The number of imide groups is 1. The van der Waals surface area contributed by atoms with Gasteiger partial charge in [-0.1, -0.05) is 78.0 Å². The van der Waals surface area contributed by atoms with Gasteiger partial charge in [0.15, 0.2) is 0 Å². The van der Waals surface area contributed by atoms with Gasteiger partial charge in [0.1, 0.15) is 11.7 Å². The fraction of sp³-hybridized carbons (Fsp3) is 0.688. The molecule has 4 atom stereocenters. The van der Waals surface area contributed by atoms with Gasteiger partial charge in [0.25, 0.3) is 5.91 Å². The first-order valence-electron chi connectivity index (χ1n) is 14.7. The van der Waals surface area contributed by atoms with E-state index in [9.17, 15) is 9.59 Å². The van der Waals surface area contributed by atoms with E-state index in [1.807, 2.05) is 57.2 Å². The number of hydrogen-bond donors (Lipinski definition) is 0. The first-order valence-corrected chi connectivity index (χ1v) is 16.8. The van der Waals surface area contributed by atoms with Gasteiger partial charge in [0.2, 0.25) is 8.32 Å². The van der Waals surface area contributed by atoms with Gasteiger partial charge < -0.3 is 13.9 Å². The third-order valence-electron chi connectivity index (χ3n) is 8.75. The molecular weight excluding hydrogens is 506 g/mol. The fourth-order valence-electron chi connectivity index (χ4n) is 7.25. The van der Waals surface area contributed by atoms with Crippen molar-refractivity contribution in [3.8, 4) is 0 Å². The molecule has 1 heterocycles. The van der Waals surface area contributed by atoms with Crippen molar-refractivity contribution in [2.45, 2.75) is 135 Å². The molecule has 218 valence electrons. The Labute approximate surface area is 237 Å². The molecule has 1 aromatic rings. The number of amides is 2. The Balaban J connectivity index is 2.05. The molecule has 7 heteroatoms. The van der Waals surface area contributed by atoms with Crippen LogP contribution in [0.2, 0.25) is 16.6 Å². The summed E-state index contributed by atoms with van der Waals surface area (Å²) in [6, 6.07) is 9.87. The highest BCUT2D eigenvalue weighted by molar-refractivity contribution is 6.77. The predicted octanol–water partition coefficient (Wildman–Crippen LogP) is 8.02. The number of piperidine rings is 1. The highest BCUT2D eigenvalue weighted by atomic mass is 28.4. The molecule has 0 radical (unpaired) electrons. The number of fused-ring (bicyclic) bond motifs is 2. The molecule has 1 aliphatic heterocycles. The molecule has 1 saturated heterocycles. The van der Waals surface area contributed by atoms with Crippen molar-refractivity contribution >= 4 is 20.3 Å². The van der Waals surface area contributed by atoms with Gasteiger partial charge in [-0.05, 0) is 68.6 Å². The van der Waals surface area contributed by atoms with Gasteiger partial charge in [0.05, 0.1) is 18.2 Å². The lowest BCUT2D eigenvalue weighted by Gasteiger charge is -2.57. The van der Waals surface area contributed by atoms with E-state index >= 15 is 0 Å². The van der Waals surface area contributed by atoms with Crippen molar-refractivity contribution < 1.29 is 23.5 Å². The maximum absolute atomic E-state index is 14.3. The standard InChI is InChI=1S/C32H51NO5Si/c1-11-18-32-19-17-27(38-39(22(2)3,23(4)5)24(6)7)26(20-32)28(36-21-25-15-13-12-14-16-25)29(34)33(32)30(35)37-31(8,9)10/h11-16,22-24,26-28H,1,17-21H2,2-10H3/t26-,27-,28+,32-/m0/s1. The van der Waals surface area contributed by atoms with Crippen molar-refractivity contribution in [3.05, 3.63) is 48.6 Å². The molecule has 1 saturated carbocycles. The van der Waals surface area contributed by atoms with E-state index in [1.165, 1.54) is 4.90 Å². The molecule has 1 aliphatic carbocycles. The zero-order chi connectivity index (χ0) is 29.2. The summed E-state index contributed by atoms with van der Waals surface area (Å²) in [4.78, 5) is 29.2. The van der Waals surface area contributed by atoms with Gasteiger partial charge in [-0.15, -0.1) is 6.58 Å². The number of ether oxygens (including phenoxy) is 2. The van der Waals surface area contributed by atoms with Crippen LogP contribution in [0, 0.1) is 5.92 Å². The van der Waals surface area contributed by atoms with Crippen molar-refractivity contribution in [1.82, 2.24) is 4.90 Å². The molecule has 2 fully saturated rings. The summed E-state index contributed by atoms with van der Waals surface area (Å²) >= 11 is 0. The quantitative estimate of drug-likeness (QED) is 0.215. The van der Waals surface area contributed by atoms with Crippen molar-refractivity contribution in [2.75, 3.05) is 0 Å². The molecule has 6 nitrogen and oxygen atoms in total. The SMILES string of the molecule is C=CC[C@]12CC[C@H](O[Si](C(C)C)(C(C)C)C(C)C)[C@H](C1)[C@@H](OCc1ccccc1)C(=O)N2C(=O)OC(C)(C)C. The molecule has 0 unspecified atom stereocenters. The number of carbonyl (C=O) groups excluding carboxylic acids is 2. The summed E-state index contributed by atoms with van der Waals surface area (Å²) in [5.41, 5.74) is 0.869. The second-order valence-corrected chi connectivity index (χ2v) is 18.9. The number of benzene rings is 1. The van der Waals surface area contributed by atoms with Crippen LogP contribution in [0.3, 0.4) is 0 Å². The van der Waals surface area contributed by atoms with E-state index in [2.05, 4.69) is 48.1 Å². The topological polar surface area (TPSA) is 65.1 Å². The second-order valence-electron chi connectivity index (χ2n) is 13.5.